The van der Waals surface area contributed by atoms with Crippen molar-refractivity contribution < 1.29 is 4.74 Å². The molecule has 2 aromatic rings. The monoisotopic (exact) mass is 426 g/mol. The predicted octanol–water partition coefficient (Wildman–Crippen LogP) is 8.16. The molecule has 0 aliphatic carbocycles. The lowest BCUT2D eigenvalue weighted by atomic mass is 10.0. The van der Waals surface area contributed by atoms with Gasteiger partial charge >= 0.3 is 0 Å². The van der Waals surface area contributed by atoms with Gasteiger partial charge in [-0.05, 0) is 18.4 Å². The Labute approximate surface area is 191 Å². The van der Waals surface area contributed by atoms with Crippen molar-refractivity contribution in [1.82, 2.24) is 9.55 Å². The van der Waals surface area contributed by atoms with Crippen molar-refractivity contribution >= 4 is 0 Å². The number of benzene rings is 1. The molecule has 31 heavy (non-hydrogen) atoms. The summed E-state index contributed by atoms with van der Waals surface area (Å²) < 4.78 is 8.23. The van der Waals surface area contributed by atoms with Crippen LogP contribution in [0, 0.1) is 0 Å². The first-order valence-electron chi connectivity index (χ1n) is 13.0. The van der Waals surface area contributed by atoms with Crippen molar-refractivity contribution in [2.45, 2.75) is 109 Å². The molecule has 3 heteroatoms. The smallest absolute Gasteiger partial charge is 0.0949 e. The average molecular weight is 427 g/mol. The van der Waals surface area contributed by atoms with Crippen LogP contribution in [0.2, 0.25) is 0 Å². The predicted molar refractivity (Wildman–Crippen MR) is 133 cm³/mol. The molecule has 1 aromatic carbocycles. The number of imidazole rings is 1. The van der Waals surface area contributed by atoms with Crippen LogP contribution in [0.25, 0.3) is 0 Å². The van der Waals surface area contributed by atoms with E-state index in [9.17, 15) is 0 Å². The van der Waals surface area contributed by atoms with Gasteiger partial charge in [0, 0.05) is 19.0 Å². The van der Waals surface area contributed by atoms with Gasteiger partial charge in [-0.15, -0.1) is 0 Å². The molecule has 0 aliphatic heterocycles. The van der Waals surface area contributed by atoms with Crippen molar-refractivity contribution in [3.05, 3.63) is 54.6 Å². The average Bonchev–Trinajstić information content (AvgIpc) is 3.33. The summed E-state index contributed by atoms with van der Waals surface area (Å²) in [5, 5.41) is 0. The van der Waals surface area contributed by atoms with Crippen LogP contribution in [0.5, 0.6) is 0 Å². The first kappa shape index (κ1) is 25.6. The van der Waals surface area contributed by atoms with Gasteiger partial charge in [-0.3, -0.25) is 0 Å². The molecule has 2 rings (SSSR count). The summed E-state index contributed by atoms with van der Waals surface area (Å²) in [6, 6.07) is 11.0. The third-order valence-electron chi connectivity index (χ3n) is 6.21. The van der Waals surface area contributed by atoms with Crippen molar-refractivity contribution in [2.24, 2.45) is 0 Å². The van der Waals surface area contributed by atoms with Gasteiger partial charge in [-0.2, -0.15) is 0 Å². The fraction of sp³-hybridized carbons (Fsp3) is 0.679. The fourth-order valence-corrected chi connectivity index (χ4v) is 4.24. The van der Waals surface area contributed by atoms with Gasteiger partial charge in [0.05, 0.1) is 19.0 Å². The van der Waals surface area contributed by atoms with Crippen LogP contribution in [0.4, 0.5) is 0 Å². The van der Waals surface area contributed by atoms with Gasteiger partial charge < -0.3 is 9.30 Å². The molecule has 0 spiro atoms. The number of ether oxygens (including phenoxy) is 1. The lowest BCUT2D eigenvalue weighted by molar-refractivity contribution is 0.0986. The van der Waals surface area contributed by atoms with E-state index in [1.807, 2.05) is 18.7 Å². The highest BCUT2D eigenvalue weighted by atomic mass is 16.5. The molecule has 1 aromatic heterocycles. The molecule has 0 N–H and O–H groups in total. The summed E-state index contributed by atoms with van der Waals surface area (Å²) in [6.45, 7) is 3.92. The maximum Gasteiger partial charge on any atom is 0.0949 e. The fourth-order valence-electron chi connectivity index (χ4n) is 4.24. The normalized spacial score (nSPS) is 12.3. The summed E-state index contributed by atoms with van der Waals surface area (Å²) in [5.41, 5.74) is 1.35. The van der Waals surface area contributed by atoms with E-state index in [0.29, 0.717) is 6.04 Å². The molecule has 0 fully saturated rings. The second-order valence-corrected chi connectivity index (χ2v) is 9.02. The van der Waals surface area contributed by atoms with Crippen molar-refractivity contribution in [1.29, 1.82) is 0 Å². The molecular weight excluding hydrogens is 380 g/mol. The van der Waals surface area contributed by atoms with E-state index in [2.05, 4.69) is 46.8 Å². The maximum absolute atomic E-state index is 6.05. The highest BCUT2D eigenvalue weighted by molar-refractivity contribution is 5.15. The second kappa shape index (κ2) is 18.0. The minimum Gasteiger partial charge on any atom is -0.379 e. The van der Waals surface area contributed by atoms with Gasteiger partial charge in [-0.25, -0.2) is 4.98 Å². The minimum atomic E-state index is 0.316. The Morgan fingerprint density at radius 3 is 1.90 bits per heavy atom. The summed E-state index contributed by atoms with van der Waals surface area (Å²) >= 11 is 0. The van der Waals surface area contributed by atoms with E-state index in [-0.39, 0.29) is 0 Å². The summed E-state index contributed by atoms with van der Waals surface area (Å²) in [6.07, 6.45) is 26.3. The third-order valence-corrected chi connectivity index (χ3v) is 6.21. The van der Waals surface area contributed by atoms with Crippen LogP contribution in [-0.2, 0) is 11.2 Å². The van der Waals surface area contributed by atoms with Gasteiger partial charge in [0.1, 0.15) is 0 Å². The van der Waals surface area contributed by atoms with Crippen LogP contribution < -0.4 is 0 Å². The Kier molecular flexibility index (Phi) is 14.9. The van der Waals surface area contributed by atoms with Crippen molar-refractivity contribution in [3.63, 3.8) is 0 Å². The van der Waals surface area contributed by atoms with Gasteiger partial charge in [0.15, 0.2) is 0 Å². The highest BCUT2D eigenvalue weighted by Crippen LogP contribution is 2.16. The molecule has 0 saturated heterocycles. The molecular formula is C28H46N2O. The molecule has 3 nitrogen and oxygen atoms in total. The SMILES string of the molecule is CCCCCCCCCCCCCCCCOC[C@H](Cc1ccccc1)n1ccnc1. The second-order valence-electron chi connectivity index (χ2n) is 9.02. The molecule has 0 unspecified atom stereocenters. The van der Waals surface area contributed by atoms with Gasteiger partial charge in [0.25, 0.3) is 0 Å². The standard InChI is InChI=1S/C28H46N2O/c1-2-3-4-5-6-7-8-9-10-11-12-13-14-18-23-31-25-28(30-22-21-29-26-30)24-27-19-16-15-17-20-27/h15-17,19-22,26,28H,2-14,18,23-25H2,1H3/t28-/m0/s1. The number of hydrogen-bond acceptors (Lipinski definition) is 2. The molecule has 0 saturated carbocycles. The summed E-state index contributed by atoms with van der Waals surface area (Å²) in [4.78, 5) is 4.22. The molecule has 1 heterocycles. The van der Waals surface area contributed by atoms with E-state index in [0.717, 1.165) is 19.6 Å². The quantitative estimate of drug-likeness (QED) is 0.200. The first-order chi connectivity index (χ1) is 15.4. The number of unbranched alkanes of at least 4 members (excludes halogenated alkanes) is 13. The van der Waals surface area contributed by atoms with Crippen LogP contribution in [0.3, 0.4) is 0 Å². The molecule has 0 bridgehead atoms. The Hall–Kier alpha value is -1.61. The summed E-state index contributed by atoms with van der Waals surface area (Å²) in [7, 11) is 0. The van der Waals surface area contributed by atoms with Crippen LogP contribution in [0.15, 0.2) is 49.1 Å². The zero-order valence-corrected chi connectivity index (χ0v) is 20.0. The minimum absolute atomic E-state index is 0.316. The van der Waals surface area contributed by atoms with Crippen LogP contribution in [0.1, 0.15) is 108 Å². The largest absolute Gasteiger partial charge is 0.379 e. The van der Waals surface area contributed by atoms with Crippen molar-refractivity contribution in [3.8, 4) is 0 Å². The van der Waals surface area contributed by atoms with Crippen LogP contribution in [-0.4, -0.2) is 22.8 Å². The molecule has 0 radical (unpaired) electrons. The van der Waals surface area contributed by atoms with Crippen LogP contribution >= 0.6 is 0 Å². The third kappa shape index (κ3) is 12.7. The topological polar surface area (TPSA) is 27.1 Å². The number of aromatic nitrogens is 2. The van der Waals surface area contributed by atoms with E-state index < -0.39 is 0 Å². The zero-order valence-electron chi connectivity index (χ0n) is 20.0. The maximum atomic E-state index is 6.05. The Morgan fingerprint density at radius 2 is 1.35 bits per heavy atom. The Bertz CT molecular complexity index is 611. The first-order valence-corrected chi connectivity index (χ1v) is 13.0. The summed E-state index contributed by atoms with van der Waals surface area (Å²) in [5.74, 6) is 0. The molecule has 1 atom stereocenters. The van der Waals surface area contributed by atoms with E-state index in [1.165, 1.54) is 95.5 Å². The number of nitrogens with zero attached hydrogens (tertiary/aromatic N) is 2. The zero-order chi connectivity index (χ0) is 21.8. The Morgan fingerprint density at radius 1 is 0.774 bits per heavy atom. The van der Waals surface area contributed by atoms with Gasteiger partial charge in [-0.1, -0.05) is 121 Å². The number of hydrogen-bond donors (Lipinski definition) is 0. The Balaban J connectivity index is 1.42. The number of rotatable bonds is 20. The van der Waals surface area contributed by atoms with E-state index >= 15 is 0 Å². The van der Waals surface area contributed by atoms with Gasteiger partial charge in [0.2, 0.25) is 0 Å². The van der Waals surface area contributed by atoms with E-state index in [1.54, 1.807) is 0 Å². The molecule has 174 valence electrons. The lowest BCUT2D eigenvalue weighted by Crippen LogP contribution is -2.17. The highest BCUT2D eigenvalue weighted by Gasteiger charge is 2.11. The van der Waals surface area contributed by atoms with E-state index in [4.69, 9.17) is 4.74 Å². The molecule has 0 aliphatic rings. The molecule has 0 amide bonds. The van der Waals surface area contributed by atoms with Crippen molar-refractivity contribution in [2.75, 3.05) is 13.2 Å². The lowest BCUT2D eigenvalue weighted by Gasteiger charge is -2.19.